The molecule has 0 rings (SSSR count). The molecule has 0 aromatic rings. The summed E-state index contributed by atoms with van der Waals surface area (Å²) in [7, 11) is 0. The predicted molar refractivity (Wildman–Crippen MR) is 57.7 cm³/mol. The SMILES string of the molecule is C=CCN(C(=O)NCCC(=O)O)C(C)C. The number of urea groups is 1. The van der Waals surface area contributed by atoms with Crippen LogP contribution in [0.1, 0.15) is 20.3 Å². The summed E-state index contributed by atoms with van der Waals surface area (Å²) in [4.78, 5) is 23.3. The summed E-state index contributed by atoms with van der Waals surface area (Å²) in [5.41, 5.74) is 0. The maximum absolute atomic E-state index is 11.5. The lowest BCUT2D eigenvalue weighted by molar-refractivity contribution is -0.136. The molecule has 5 heteroatoms. The quantitative estimate of drug-likeness (QED) is 0.650. The van der Waals surface area contributed by atoms with Gasteiger partial charge >= 0.3 is 12.0 Å². The van der Waals surface area contributed by atoms with Gasteiger partial charge in [-0.25, -0.2) is 4.79 Å². The Hall–Kier alpha value is -1.52. The van der Waals surface area contributed by atoms with Crippen LogP contribution >= 0.6 is 0 Å². The van der Waals surface area contributed by atoms with Gasteiger partial charge in [0, 0.05) is 19.1 Å². The molecule has 2 amide bonds. The van der Waals surface area contributed by atoms with Crippen molar-refractivity contribution in [1.29, 1.82) is 0 Å². The van der Waals surface area contributed by atoms with E-state index in [1.165, 1.54) is 0 Å². The number of amides is 2. The van der Waals surface area contributed by atoms with E-state index in [1.54, 1.807) is 11.0 Å². The number of hydrogen-bond donors (Lipinski definition) is 2. The van der Waals surface area contributed by atoms with Crippen molar-refractivity contribution in [3.63, 3.8) is 0 Å². The molecular formula is C10H18N2O3. The number of nitrogens with zero attached hydrogens (tertiary/aromatic N) is 1. The van der Waals surface area contributed by atoms with Crippen LogP contribution in [0.5, 0.6) is 0 Å². The van der Waals surface area contributed by atoms with Crippen molar-refractivity contribution in [2.75, 3.05) is 13.1 Å². The first kappa shape index (κ1) is 13.5. The highest BCUT2D eigenvalue weighted by molar-refractivity contribution is 5.75. The van der Waals surface area contributed by atoms with Crippen molar-refractivity contribution in [2.24, 2.45) is 0 Å². The summed E-state index contributed by atoms with van der Waals surface area (Å²) in [6, 6.07) is -0.195. The van der Waals surface area contributed by atoms with E-state index in [9.17, 15) is 9.59 Å². The summed E-state index contributed by atoms with van der Waals surface area (Å²) in [6.45, 7) is 7.94. The summed E-state index contributed by atoms with van der Waals surface area (Å²) < 4.78 is 0. The number of carbonyl (C=O) groups excluding carboxylic acids is 1. The highest BCUT2D eigenvalue weighted by Gasteiger charge is 2.14. The van der Waals surface area contributed by atoms with E-state index >= 15 is 0 Å². The number of carbonyl (C=O) groups is 2. The minimum absolute atomic E-state index is 0.0628. The first-order chi connectivity index (χ1) is 6.99. The van der Waals surface area contributed by atoms with E-state index in [2.05, 4.69) is 11.9 Å². The minimum Gasteiger partial charge on any atom is -0.481 e. The monoisotopic (exact) mass is 214 g/mol. The Morgan fingerprint density at radius 2 is 2.13 bits per heavy atom. The van der Waals surface area contributed by atoms with Crippen LogP contribution in [-0.4, -0.2) is 41.1 Å². The third-order valence-corrected chi connectivity index (χ3v) is 1.83. The Morgan fingerprint density at radius 1 is 1.53 bits per heavy atom. The van der Waals surface area contributed by atoms with Crippen molar-refractivity contribution >= 4 is 12.0 Å². The van der Waals surface area contributed by atoms with Crippen molar-refractivity contribution in [1.82, 2.24) is 10.2 Å². The van der Waals surface area contributed by atoms with Gasteiger partial charge in [-0.1, -0.05) is 6.08 Å². The van der Waals surface area contributed by atoms with Crippen LogP contribution in [0, 0.1) is 0 Å². The van der Waals surface area contributed by atoms with Crippen LogP contribution in [0.4, 0.5) is 4.79 Å². The molecule has 0 saturated heterocycles. The normalized spacial score (nSPS) is 9.80. The fourth-order valence-corrected chi connectivity index (χ4v) is 1.05. The second-order valence-electron chi connectivity index (χ2n) is 3.41. The maximum atomic E-state index is 11.5. The van der Waals surface area contributed by atoms with E-state index in [0.717, 1.165) is 0 Å². The second kappa shape index (κ2) is 6.86. The highest BCUT2D eigenvalue weighted by atomic mass is 16.4. The molecule has 0 spiro atoms. The average Bonchev–Trinajstić information content (AvgIpc) is 2.12. The van der Waals surface area contributed by atoms with Crippen molar-refractivity contribution < 1.29 is 14.7 Å². The predicted octanol–water partition coefficient (Wildman–Crippen LogP) is 1.07. The van der Waals surface area contributed by atoms with Gasteiger partial charge in [-0.15, -0.1) is 6.58 Å². The summed E-state index contributed by atoms with van der Waals surface area (Å²) in [5, 5.41) is 10.9. The fraction of sp³-hybridized carbons (Fsp3) is 0.600. The Morgan fingerprint density at radius 3 is 2.53 bits per heavy atom. The summed E-state index contributed by atoms with van der Waals surface area (Å²) in [5.74, 6) is -0.921. The van der Waals surface area contributed by atoms with Gasteiger partial charge < -0.3 is 15.3 Å². The maximum Gasteiger partial charge on any atom is 0.317 e. The van der Waals surface area contributed by atoms with E-state index in [0.29, 0.717) is 6.54 Å². The first-order valence-electron chi connectivity index (χ1n) is 4.86. The van der Waals surface area contributed by atoms with Gasteiger partial charge in [0.1, 0.15) is 0 Å². The number of nitrogens with one attached hydrogen (secondary N) is 1. The van der Waals surface area contributed by atoms with E-state index in [1.807, 2.05) is 13.8 Å². The Labute approximate surface area is 89.8 Å². The molecule has 15 heavy (non-hydrogen) atoms. The molecule has 0 aliphatic carbocycles. The lowest BCUT2D eigenvalue weighted by Gasteiger charge is -2.25. The van der Waals surface area contributed by atoms with Crippen molar-refractivity contribution in [2.45, 2.75) is 26.3 Å². The first-order valence-corrected chi connectivity index (χ1v) is 4.86. The number of rotatable bonds is 6. The largest absolute Gasteiger partial charge is 0.481 e. The topological polar surface area (TPSA) is 69.6 Å². The van der Waals surface area contributed by atoms with Crippen LogP contribution in [0.15, 0.2) is 12.7 Å². The van der Waals surface area contributed by atoms with E-state index < -0.39 is 5.97 Å². The molecule has 0 aliphatic rings. The molecule has 0 saturated carbocycles. The molecular weight excluding hydrogens is 196 g/mol. The van der Waals surface area contributed by atoms with Crippen LogP contribution < -0.4 is 5.32 Å². The second-order valence-corrected chi connectivity index (χ2v) is 3.41. The molecule has 2 N–H and O–H groups in total. The van der Waals surface area contributed by atoms with E-state index in [4.69, 9.17) is 5.11 Å². The molecule has 0 radical (unpaired) electrons. The summed E-state index contributed by atoms with van der Waals surface area (Å²) >= 11 is 0. The van der Waals surface area contributed by atoms with Gasteiger partial charge in [0.05, 0.1) is 6.42 Å². The van der Waals surface area contributed by atoms with Crippen LogP contribution in [0.3, 0.4) is 0 Å². The van der Waals surface area contributed by atoms with Gasteiger partial charge in [-0.05, 0) is 13.8 Å². The third kappa shape index (κ3) is 5.72. The smallest absolute Gasteiger partial charge is 0.317 e. The van der Waals surface area contributed by atoms with Crippen LogP contribution in [0.2, 0.25) is 0 Å². The highest BCUT2D eigenvalue weighted by Crippen LogP contribution is 1.98. The van der Waals surface area contributed by atoms with E-state index in [-0.39, 0.29) is 25.0 Å². The van der Waals surface area contributed by atoms with Crippen LogP contribution in [0.25, 0.3) is 0 Å². The molecule has 5 nitrogen and oxygen atoms in total. The lowest BCUT2D eigenvalue weighted by atomic mass is 10.3. The Bertz CT molecular complexity index is 239. The zero-order valence-corrected chi connectivity index (χ0v) is 9.19. The standard InChI is InChI=1S/C10H18N2O3/c1-4-7-12(8(2)3)10(15)11-6-5-9(13)14/h4,8H,1,5-7H2,2-3H3,(H,11,15)(H,13,14). The third-order valence-electron chi connectivity index (χ3n) is 1.83. The number of carboxylic acid groups (broad SMARTS) is 1. The zero-order chi connectivity index (χ0) is 11.8. The average molecular weight is 214 g/mol. The molecule has 0 aromatic carbocycles. The number of carboxylic acids is 1. The minimum atomic E-state index is -0.921. The van der Waals surface area contributed by atoms with Crippen molar-refractivity contribution in [3.8, 4) is 0 Å². The molecule has 0 atom stereocenters. The molecule has 0 bridgehead atoms. The van der Waals surface area contributed by atoms with Gasteiger partial charge in [0.25, 0.3) is 0 Å². The Balaban J connectivity index is 4.02. The van der Waals surface area contributed by atoms with Gasteiger partial charge in [0.15, 0.2) is 0 Å². The van der Waals surface area contributed by atoms with Crippen LogP contribution in [-0.2, 0) is 4.79 Å². The van der Waals surface area contributed by atoms with Gasteiger partial charge in [0.2, 0.25) is 0 Å². The molecule has 0 fully saturated rings. The Kier molecular flexibility index (Phi) is 6.17. The van der Waals surface area contributed by atoms with Crippen molar-refractivity contribution in [3.05, 3.63) is 12.7 Å². The lowest BCUT2D eigenvalue weighted by Crippen LogP contribution is -2.44. The van der Waals surface area contributed by atoms with Gasteiger partial charge in [-0.3, -0.25) is 4.79 Å². The fourth-order valence-electron chi connectivity index (χ4n) is 1.05. The summed E-state index contributed by atoms with van der Waals surface area (Å²) in [6.07, 6.45) is 1.57. The molecule has 0 heterocycles. The van der Waals surface area contributed by atoms with Gasteiger partial charge in [-0.2, -0.15) is 0 Å². The molecule has 0 unspecified atom stereocenters. The molecule has 0 aliphatic heterocycles. The number of hydrogen-bond acceptors (Lipinski definition) is 2. The molecule has 86 valence electrons. The number of aliphatic carboxylic acids is 1. The molecule has 0 aromatic heterocycles. The zero-order valence-electron chi connectivity index (χ0n) is 9.19.